The van der Waals surface area contributed by atoms with E-state index in [1.54, 1.807) is 61.7 Å². The van der Waals surface area contributed by atoms with E-state index < -0.39 is 41.3 Å². The Labute approximate surface area is 232 Å². The van der Waals surface area contributed by atoms with Crippen LogP contribution in [-0.2, 0) is 25.7 Å². The third-order valence-electron chi connectivity index (χ3n) is 9.00. The molecule has 2 N–H and O–H groups in total. The fourth-order valence-electron chi connectivity index (χ4n) is 6.97. The molecule has 3 amide bonds. The molecule has 9 heteroatoms. The standard InChI is InChI=1S/C31H34FN3O5/c1-18-8-3-6-13-23(18)34-29(37)27-31-15-14-24(40-31)25(28(36)33-20-10-7-11-21(16-20)39-2)26(31)30(38)35(27)17-19-9-4-5-12-22(19)32/h4-5,7,9-12,14-16,18,23-27H,3,6,8,13,17H2,1-2H3,(H,33,36)(H,34,37)/t18?,23?,24-,25?,26-,27?,31+/m1/s1. The molecule has 2 saturated heterocycles. The molecule has 4 unspecified atom stereocenters. The number of benzene rings is 2. The van der Waals surface area contributed by atoms with Crippen molar-refractivity contribution in [2.75, 3.05) is 12.4 Å². The average Bonchev–Trinajstić information content (AvgIpc) is 3.59. The second-order valence-electron chi connectivity index (χ2n) is 11.4. The van der Waals surface area contributed by atoms with Crippen molar-refractivity contribution in [1.82, 2.24) is 10.2 Å². The van der Waals surface area contributed by atoms with Crippen LogP contribution in [0, 0.1) is 23.6 Å². The van der Waals surface area contributed by atoms with Crippen LogP contribution < -0.4 is 15.4 Å². The molecule has 7 atom stereocenters. The van der Waals surface area contributed by atoms with Crippen molar-refractivity contribution in [1.29, 1.82) is 0 Å². The highest BCUT2D eigenvalue weighted by atomic mass is 19.1. The Morgan fingerprint density at radius 3 is 2.70 bits per heavy atom. The molecule has 3 heterocycles. The zero-order valence-corrected chi connectivity index (χ0v) is 22.6. The maximum Gasteiger partial charge on any atom is 0.246 e. The molecule has 8 nitrogen and oxygen atoms in total. The van der Waals surface area contributed by atoms with Gasteiger partial charge < -0.3 is 25.0 Å². The van der Waals surface area contributed by atoms with Gasteiger partial charge in [0.1, 0.15) is 23.2 Å². The fraction of sp³-hybridized carbons (Fsp3) is 0.452. The predicted molar refractivity (Wildman–Crippen MR) is 146 cm³/mol. The number of halogens is 1. The summed E-state index contributed by atoms with van der Waals surface area (Å²) in [4.78, 5) is 43.2. The van der Waals surface area contributed by atoms with Crippen molar-refractivity contribution in [2.24, 2.45) is 17.8 Å². The number of methoxy groups -OCH3 is 1. The second kappa shape index (κ2) is 10.4. The minimum Gasteiger partial charge on any atom is -0.497 e. The van der Waals surface area contributed by atoms with Crippen molar-refractivity contribution in [3.8, 4) is 5.75 Å². The molecule has 0 radical (unpaired) electrons. The molecule has 1 aliphatic carbocycles. The van der Waals surface area contributed by atoms with Crippen LogP contribution in [0.3, 0.4) is 0 Å². The summed E-state index contributed by atoms with van der Waals surface area (Å²) in [5, 5.41) is 6.09. The molecule has 6 rings (SSSR count). The monoisotopic (exact) mass is 547 g/mol. The van der Waals surface area contributed by atoms with Crippen LogP contribution in [-0.4, -0.2) is 53.5 Å². The maximum absolute atomic E-state index is 14.7. The highest BCUT2D eigenvalue weighted by Crippen LogP contribution is 2.55. The lowest BCUT2D eigenvalue weighted by molar-refractivity contribution is -0.142. The molecule has 0 aromatic heterocycles. The zero-order valence-electron chi connectivity index (χ0n) is 22.6. The maximum atomic E-state index is 14.7. The van der Waals surface area contributed by atoms with Gasteiger partial charge in [0.2, 0.25) is 17.7 Å². The Bertz CT molecular complexity index is 1360. The Morgan fingerprint density at radius 2 is 1.93 bits per heavy atom. The van der Waals surface area contributed by atoms with Gasteiger partial charge in [-0.2, -0.15) is 0 Å². The van der Waals surface area contributed by atoms with E-state index >= 15 is 0 Å². The summed E-state index contributed by atoms with van der Waals surface area (Å²) < 4.78 is 26.4. The van der Waals surface area contributed by atoms with Gasteiger partial charge in [0, 0.05) is 29.9 Å². The summed E-state index contributed by atoms with van der Waals surface area (Å²) >= 11 is 0. The van der Waals surface area contributed by atoms with Crippen LogP contribution >= 0.6 is 0 Å². The van der Waals surface area contributed by atoms with Crippen LogP contribution in [0.4, 0.5) is 10.1 Å². The number of carbonyl (C=O) groups is 3. The molecular weight excluding hydrogens is 513 g/mol. The summed E-state index contributed by atoms with van der Waals surface area (Å²) in [5.41, 5.74) is -0.489. The molecule has 40 heavy (non-hydrogen) atoms. The van der Waals surface area contributed by atoms with Crippen molar-refractivity contribution < 1.29 is 28.2 Å². The first-order chi connectivity index (χ1) is 19.3. The molecule has 2 bridgehead atoms. The van der Waals surface area contributed by atoms with E-state index in [0.29, 0.717) is 22.9 Å². The molecule has 1 saturated carbocycles. The summed E-state index contributed by atoms with van der Waals surface area (Å²) in [7, 11) is 1.54. The van der Waals surface area contributed by atoms with E-state index in [-0.39, 0.29) is 24.4 Å². The third kappa shape index (κ3) is 4.36. The molecule has 1 spiro atoms. The SMILES string of the molecule is COc1cccc(NC(=O)C2[C@H]3C=C[C@@]4(O3)C(C(=O)NC3CCCCC3C)N(Cc3ccccc3F)C(=O)[C@@H]24)c1. The molecule has 210 valence electrons. The number of nitrogens with zero attached hydrogens (tertiary/aromatic N) is 1. The number of carbonyl (C=O) groups excluding carboxylic acids is 3. The van der Waals surface area contributed by atoms with E-state index in [2.05, 4.69) is 17.6 Å². The number of anilines is 1. The summed E-state index contributed by atoms with van der Waals surface area (Å²) in [6, 6.07) is 12.1. The van der Waals surface area contributed by atoms with Gasteiger partial charge in [-0.15, -0.1) is 0 Å². The van der Waals surface area contributed by atoms with E-state index in [0.717, 1.165) is 25.7 Å². The first-order valence-electron chi connectivity index (χ1n) is 14.0. The number of hydrogen-bond acceptors (Lipinski definition) is 5. The summed E-state index contributed by atoms with van der Waals surface area (Å²) in [5.74, 6) is -2.44. The number of rotatable bonds is 7. The van der Waals surface area contributed by atoms with Crippen LogP contribution in [0.15, 0.2) is 60.7 Å². The van der Waals surface area contributed by atoms with Crippen molar-refractivity contribution in [3.05, 3.63) is 72.1 Å². The van der Waals surface area contributed by atoms with Gasteiger partial charge in [0.15, 0.2) is 0 Å². The number of nitrogens with one attached hydrogen (secondary N) is 2. The molecular formula is C31H34FN3O5. The number of ether oxygens (including phenoxy) is 2. The highest BCUT2D eigenvalue weighted by molar-refractivity contribution is 6.02. The minimum absolute atomic E-state index is 0.0168. The third-order valence-corrected chi connectivity index (χ3v) is 9.00. The quantitative estimate of drug-likeness (QED) is 0.514. The molecule has 3 aliphatic heterocycles. The van der Waals surface area contributed by atoms with Crippen LogP contribution in [0.25, 0.3) is 0 Å². The lowest BCUT2D eigenvalue weighted by Gasteiger charge is -2.36. The normalized spacial score (nSPS) is 32.2. The van der Waals surface area contributed by atoms with E-state index in [1.165, 1.54) is 11.0 Å². The predicted octanol–water partition coefficient (Wildman–Crippen LogP) is 3.82. The van der Waals surface area contributed by atoms with Crippen LogP contribution in [0.1, 0.15) is 38.2 Å². The van der Waals surface area contributed by atoms with Crippen molar-refractivity contribution >= 4 is 23.4 Å². The van der Waals surface area contributed by atoms with E-state index in [4.69, 9.17) is 9.47 Å². The lowest BCUT2D eigenvalue weighted by Crippen LogP contribution is -2.57. The molecule has 3 fully saturated rings. The Balaban J connectivity index is 1.33. The summed E-state index contributed by atoms with van der Waals surface area (Å²) in [6.45, 7) is 2.02. The van der Waals surface area contributed by atoms with Crippen molar-refractivity contribution in [3.63, 3.8) is 0 Å². The lowest BCUT2D eigenvalue weighted by atomic mass is 9.74. The van der Waals surface area contributed by atoms with Crippen molar-refractivity contribution in [2.45, 2.75) is 62.9 Å². The Hall–Kier alpha value is -3.72. The fourth-order valence-corrected chi connectivity index (χ4v) is 6.97. The topological polar surface area (TPSA) is 97.0 Å². The van der Waals surface area contributed by atoms with E-state index in [1.807, 2.05) is 0 Å². The van der Waals surface area contributed by atoms with Gasteiger partial charge in [-0.05, 0) is 37.0 Å². The second-order valence-corrected chi connectivity index (χ2v) is 11.4. The molecule has 2 aromatic carbocycles. The van der Waals surface area contributed by atoms with Crippen LogP contribution in [0.2, 0.25) is 0 Å². The van der Waals surface area contributed by atoms with Gasteiger partial charge in [0.05, 0.1) is 25.0 Å². The van der Waals surface area contributed by atoms with Gasteiger partial charge in [-0.3, -0.25) is 14.4 Å². The average molecular weight is 548 g/mol. The highest BCUT2D eigenvalue weighted by Gasteiger charge is 2.72. The van der Waals surface area contributed by atoms with Gasteiger partial charge in [0.25, 0.3) is 0 Å². The largest absolute Gasteiger partial charge is 0.497 e. The number of fused-ring (bicyclic) bond motifs is 1. The smallest absolute Gasteiger partial charge is 0.246 e. The van der Waals surface area contributed by atoms with E-state index in [9.17, 15) is 18.8 Å². The van der Waals surface area contributed by atoms with Gasteiger partial charge in [-0.25, -0.2) is 4.39 Å². The van der Waals surface area contributed by atoms with Gasteiger partial charge >= 0.3 is 0 Å². The number of hydrogen-bond donors (Lipinski definition) is 2. The number of likely N-dealkylation sites (tertiary alicyclic amines) is 1. The first-order valence-corrected chi connectivity index (χ1v) is 14.0. The number of amides is 3. The Kier molecular flexibility index (Phi) is 6.86. The first kappa shape index (κ1) is 26.5. The molecule has 2 aromatic rings. The minimum atomic E-state index is -1.31. The Morgan fingerprint density at radius 1 is 1.12 bits per heavy atom. The summed E-state index contributed by atoms with van der Waals surface area (Å²) in [6.07, 6.45) is 6.92. The molecule has 4 aliphatic rings. The van der Waals surface area contributed by atoms with Crippen LogP contribution in [0.5, 0.6) is 5.75 Å². The van der Waals surface area contributed by atoms with Gasteiger partial charge in [-0.1, -0.05) is 56.2 Å². The zero-order chi connectivity index (χ0) is 28.0.